The van der Waals surface area contributed by atoms with Crippen molar-refractivity contribution in [1.29, 1.82) is 0 Å². The lowest BCUT2D eigenvalue weighted by Gasteiger charge is -2.35. The second-order valence-electron chi connectivity index (χ2n) is 5.61. The van der Waals surface area contributed by atoms with Crippen LogP contribution in [0, 0.1) is 0 Å². The summed E-state index contributed by atoms with van der Waals surface area (Å²) < 4.78 is 18.1. The summed E-state index contributed by atoms with van der Waals surface area (Å²) in [7, 11) is -1.06. The maximum Gasteiger partial charge on any atom is 0.144 e. The smallest absolute Gasteiger partial charge is 0.144 e. The molecule has 0 fully saturated rings. The van der Waals surface area contributed by atoms with Crippen molar-refractivity contribution in [1.82, 2.24) is 0 Å². The minimum atomic E-state index is -1.06. The highest BCUT2D eigenvalue weighted by atomic mass is 32.2. The van der Waals surface area contributed by atoms with E-state index in [1.54, 1.807) is 6.26 Å². The molecule has 0 aliphatic heterocycles. The van der Waals surface area contributed by atoms with E-state index in [0.717, 1.165) is 16.7 Å². The highest BCUT2D eigenvalue weighted by molar-refractivity contribution is 7.84. The number of benzene rings is 3. The largest absolute Gasteiger partial charge is 0.348 e. The fourth-order valence-electron chi connectivity index (χ4n) is 2.94. The summed E-state index contributed by atoms with van der Waals surface area (Å²) in [6.07, 6.45) is 1.66. The molecule has 24 heavy (non-hydrogen) atoms. The van der Waals surface area contributed by atoms with Gasteiger partial charge in [-0.15, -0.1) is 0 Å². The summed E-state index contributed by atoms with van der Waals surface area (Å²) in [6, 6.07) is 30.3. The topological polar surface area (TPSA) is 26.3 Å². The Kier molecular flexibility index (Phi) is 5.24. The van der Waals surface area contributed by atoms with Crippen LogP contribution in [0.2, 0.25) is 0 Å². The van der Waals surface area contributed by atoms with Gasteiger partial charge in [0, 0.05) is 17.1 Å². The van der Waals surface area contributed by atoms with Crippen LogP contribution in [0.4, 0.5) is 0 Å². The molecule has 0 bridgehead atoms. The standard InChI is InChI=1S/C21H20O2S/c1-24(22)17-23-21(18-11-5-2-6-12-18,19-13-7-3-8-14-19)20-15-9-4-10-16-20/h2-16H,17H2,1H3. The maximum absolute atomic E-state index is 11.8. The lowest BCUT2D eigenvalue weighted by molar-refractivity contribution is 0.0451. The monoisotopic (exact) mass is 336 g/mol. The van der Waals surface area contributed by atoms with Gasteiger partial charge in [-0.1, -0.05) is 91.0 Å². The van der Waals surface area contributed by atoms with E-state index in [-0.39, 0.29) is 5.94 Å². The predicted octanol–water partition coefficient (Wildman–Crippen LogP) is 4.33. The third kappa shape index (κ3) is 3.32. The molecule has 1 atom stereocenters. The summed E-state index contributed by atoms with van der Waals surface area (Å²) >= 11 is 0. The van der Waals surface area contributed by atoms with Gasteiger partial charge in [0.1, 0.15) is 11.5 Å². The Hall–Kier alpha value is -2.23. The molecular weight excluding hydrogens is 316 g/mol. The highest BCUT2D eigenvalue weighted by Gasteiger charge is 2.37. The number of rotatable bonds is 6. The predicted molar refractivity (Wildman–Crippen MR) is 99.2 cm³/mol. The average molecular weight is 336 g/mol. The van der Waals surface area contributed by atoms with Crippen LogP contribution in [0.15, 0.2) is 91.0 Å². The first-order chi connectivity index (χ1) is 11.7. The van der Waals surface area contributed by atoms with Crippen molar-refractivity contribution >= 4 is 10.8 Å². The third-order valence-electron chi connectivity index (χ3n) is 3.98. The van der Waals surface area contributed by atoms with Gasteiger partial charge in [0.25, 0.3) is 0 Å². The zero-order valence-electron chi connectivity index (χ0n) is 13.6. The van der Waals surface area contributed by atoms with Gasteiger partial charge in [0.2, 0.25) is 0 Å². The summed E-state index contributed by atoms with van der Waals surface area (Å²) in [5.41, 5.74) is 2.28. The first kappa shape index (κ1) is 16.6. The van der Waals surface area contributed by atoms with E-state index in [2.05, 4.69) is 36.4 Å². The van der Waals surface area contributed by atoms with E-state index in [0.29, 0.717) is 0 Å². The molecule has 0 saturated carbocycles. The minimum Gasteiger partial charge on any atom is -0.348 e. The second-order valence-corrected chi connectivity index (χ2v) is 7.00. The zero-order chi connectivity index (χ0) is 16.8. The summed E-state index contributed by atoms with van der Waals surface area (Å²) in [6.45, 7) is 0. The molecule has 0 spiro atoms. The van der Waals surface area contributed by atoms with Crippen LogP contribution in [0.3, 0.4) is 0 Å². The van der Waals surface area contributed by atoms with Crippen LogP contribution < -0.4 is 0 Å². The van der Waals surface area contributed by atoms with Crippen molar-refractivity contribution in [3.8, 4) is 0 Å². The fourth-order valence-corrected chi connectivity index (χ4v) is 3.28. The number of ether oxygens (including phenoxy) is 1. The van der Waals surface area contributed by atoms with E-state index in [9.17, 15) is 4.21 Å². The van der Waals surface area contributed by atoms with Gasteiger partial charge in [-0.3, -0.25) is 4.21 Å². The Morgan fingerprint density at radius 2 is 1.04 bits per heavy atom. The van der Waals surface area contributed by atoms with E-state index in [1.807, 2.05) is 54.6 Å². The Bertz CT molecular complexity index is 689. The van der Waals surface area contributed by atoms with Crippen molar-refractivity contribution < 1.29 is 8.95 Å². The molecule has 0 aliphatic rings. The molecule has 3 aromatic rings. The van der Waals surface area contributed by atoms with Crippen LogP contribution in [0.5, 0.6) is 0 Å². The molecule has 3 rings (SSSR count). The fraction of sp³-hybridized carbons (Fsp3) is 0.143. The summed E-state index contributed by atoms with van der Waals surface area (Å²) in [5, 5.41) is 0. The molecule has 2 nitrogen and oxygen atoms in total. The Morgan fingerprint density at radius 3 is 1.33 bits per heavy atom. The van der Waals surface area contributed by atoms with Gasteiger partial charge in [0.15, 0.2) is 0 Å². The summed E-state index contributed by atoms with van der Waals surface area (Å²) in [4.78, 5) is 0. The van der Waals surface area contributed by atoms with Gasteiger partial charge in [-0.05, 0) is 16.7 Å². The van der Waals surface area contributed by atoms with Crippen molar-refractivity contribution in [2.24, 2.45) is 0 Å². The van der Waals surface area contributed by atoms with Gasteiger partial charge in [-0.2, -0.15) is 0 Å². The number of hydrogen-bond donors (Lipinski definition) is 0. The van der Waals surface area contributed by atoms with E-state index < -0.39 is 16.4 Å². The van der Waals surface area contributed by atoms with Crippen molar-refractivity contribution in [3.63, 3.8) is 0 Å². The minimum absolute atomic E-state index is 0.165. The van der Waals surface area contributed by atoms with Gasteiger partial charge < -0.3 is 4.74 Å². The molecule has 0 saturated heterocycles. The average Bonchev–Trinajstić information content (AvgIpc) is 2.65. The summed E-state index contributed by atoms with van der Waals surface area (Å²) in [5.74, 6) is 0.165. The molecule has 0 heterocycles. The molecule has 3 aromatic carbocycles. The maximum atomic E-state index is 11.8. The van der Waals surface area contributed by atoms with Crippen LogP contribution >= 0.6 is 0 Å². The van der Waals surface area contributed by atoms with Crippen LogP contribution in [0.1, 0.15) is 16.7 Å². The third-order valence-corrected chi connectivity index (χ3v) is 4.43. The molecule has 0 amide bonds. The lowest BCUT2D eigenvalue weighted by Crippen LogP contribution is -2.34. The second kappa shape index (κ2) is 7.56. The van der Waals surface area contributed by atoms with Crippen LogP contribution in [-0.2, 0) is 21.1 Å². The molecule has 0 aromatic heterocycles. The molecule has 0 aliphatic carbocycles. The van der Waals surface area contributed by atoms with Crippen molar-refractivity contribution in [3.05, 3.63) is 108 Å². The SMILES string of the molecule is CS(=O)COC(c1ccccc1)(c1ccccc1)c1ccccc1. The van der Waals surface area contributed by atoms with E-state index in [1.165, 1.54) is 0 Å². The molecule has 0 radical (unpaired) electrons. The highest BCUT2D eigenvalue weighted by Crippen LogP contribution is 2.40. The molecule has 122 valence electrons. The van der Waals surface area contributed by atoms with Crippen molar-refractivity contribution in [2.75, 3.05) is 12.2 Å². The van der Waals surface area contributed by atoms with Crippen molar-refractivity contribution in [2.45, 2.75) is 5.60 Å². The van der Waals surface area contributed by atoms with Gasteiger partial charge in [0.05, 0.1) is 0 Å². The van der Waals surface area contributed by atoms with E-state index >= 15 is 0 Å². The molecular formula is C21H20O2S. The lowest BCUT2D eigenvalue weighted by atomic mass is 9.80. The number of hydrogen-bond acceptors (Lipinski definition) is 2. The normalized spacial score (nSPS) is 12.7. The van der Waals surface area contributed by atoms with E-state index in [4.69, 9.17) is 4.74 Å². The molecule has 3 heteroatoms. The Labute approximate surface area is 145 Å². The molecule has 0 N–H and O–H groups in total. The van der Waals surface area contributed by atoms with Gasteiger partial charge in [-0.25, -0.2) is 0 Å². The molecule has 1 unspecified atom stereocenters. The Morgan fingerprint density at radius 1 is 0.708 bits per heavy atom. The zero-order valence-corrected chi connectivity index (χ0v) is 14.4. The first-order valence-corrected chi connectivity index (χ1v) is 9.57. The Balaban J connectivity index is 2.26. The first-order valence-electron chi connectivity index (χ1n) is 7.84. The van der Waals surface area contributed by atoms with Crippen LogP contribution in [0.25, 0.3) is 0 Å². The van der Waals surface area contributed by atoms with Gasteiger partial charge >= 0.3 is 0 Å². The quantitative estimate of drug-likeness (QED) is 0.626. The van der Waals surface area contributed by atoms with Crippen LogP contribution in [-0.4, -0.2) is 16.4 Å².